The predicted molar refractivity (Wildman–Crippen MR) is 106 cm³/mol. The van der Waals surface area contributed by atoms with Crippen molar-refractivity contribution in [2.45, 2.75) is 25.2 Å². The fourth-order valence-corrected chi connectivity index (χ4v) is 3.60. The van der Waals surface area contributed by atoms with Gasteiger partial charge in [-0.2, -0.15) is 4.31 Å². The molecule has 0 heterocycles. The van der Waals surface area contributed by atoms with Gasteiger partial charge < -0.3 is 10.1 Å². The molecule has 0 fully saturated rings. The summed E-state index contributed by atoms with van der Waals surface area (Å²) in [5.74, 6) is -1.30. The van der Waals surface area contributed by atoms with E-state index in [1.54, 1.807) is 24.3 Å². The van der Waals surface area contributed by atoms with Gasteiger partial charge in [-0.1, -0.05) is 42.8 Å². The molecule has 0 spiro atoms. The predicted octanol–water partition coefficient (Wildman–Crippen LogP) is 2.36. The van der Waals surface area contributed by atoms with E-state index in [-0.39, 0.29) is 4.90 Å². The zero-order chi connectivity index (χ0) is 20.7. The van der Waals surface area contributed by atoms with Gasteiger partial charge in [-0.3, -0.25) is 9.59 Å². The maximum absolute atomic E-state index is 12.5. The van der Waals surface area contributed by atoms with E-state index in [2.05, 4.69) is 5.32 Å². The first kappa shape index (κ1) is 21.6. The maximum atomic E-state index is 12.5. The largest absolute Gasteiger partial charge is 0.455 e. The second kappa shape index (κ2) is 9.48. The Morgan fingerprint density at radius 3 is 2.36 bits per heavy atom. The quantitative estimate of drug-likeness (QED) is 0.682. The third kappa shape index (κ3) is 5.64. The highest BCUT2D eigenvalue weighted by Gasteiger charge is 2.23. The number of esters is 1. The molecule has 0 aliphatic rings. The van der Waals surface area contributed by atoms with Crippen molar-refractivity contribution in [3.8, 4) is 0 Å². The smallest absolute Gasteiger partial charge is 0.321 e. The highest BCUT2D eigenvalue weighted by atomic mass is 32.2. The Hall–Kier alpha value is -2.71. The van der Waals surface area contributed by atoms with E-state index in [1.165, 1.54) is 19.2 Å². The number of rotatable bonds is 8. The van der Waals surface area contributed by atoms with Crippen molar-refractivity contribution in [2.75, 3.05) is 25.5 Å². The van der Waals surface area contributed by atoms with E-state index in [1.807, 2.05) is 26.0 Å². The van der Waals surface area contributed by atoms with Gasteiger partial charge in [0, 0.05) is 12.7 Å². The Kier molecular flexibility index (Phi) is 7.31. The first-order chi connectivity index (χ1) is 13.2. The van der Waals surface area contributed by atoms with Crippen LogP contribution in [0.25, 0.3) is 0 Å². The molecule has 0 aromatic heterocycles. The fourth-order valence-electron chi connectivity index (χ4n) is 2.49. The van der Waals surface area contributed by atoms with Crippen molar-refractivity contribution in [2.24, 2.45) is 0 Å². The summed E-state index contributed by atoms with van der Waals surface area (Å²) in [7, 11) is -2.53. The Bertz CT molecular complexity index is 939. The van der Waals surface area contributed by atoms with Gasteiger partial charge in [-0.25, -0.2) is 8.42 Å². The summed E-state index contributed by atoms with van der Waals surface area (Å²) in [6.45, 7) is 2.83. The number of anilines is 1. The average molecular weight is 404 g/mol. The Morgan fingerprint density at radius 2 is 1.71 bits per heavy atom. The molecule has 0 radical (unpaired) electrons. The molecule has 1 amide bonds. The van der Waals surface area contributed by atoms with Crippen LogP contribution >= 0.6 is 0 Å². The van der Waals surface area contributed by atoms with E-state index in [0.717, 1.165) is 21.9 Å². The highest BCUT2D eigenvalue weighted by Crippen LogP contribution is 2.16. The van der Waals surface area contributed by atoms with E-state index in [9.17, 15) is 18.0 Å². The van der Waals surface area contributed by atoms with Gasteiger partial charge in [0.2, 0.25) is 10.0 Å². The monoisotopic (exact) mass is 404 g/mol. The third-order valence-corrected chi connectivity index (χ3v) is 5.94. The number of benzene rings is 2. The van der Waals surface area contributed by atoms with Crippen LogP contribution in [0.1, 0.15) is 18.1 Å². The molecule has 0 aliphatic heterocycles. The fraction of sp³-hybridized carbons (Fsp3) is 0.300. The lowest BCUT2D eigenvalue weighted by molar-refractivity contribution is -0.147. The van der Waals surface area contributed by atoms with E-state index >= 15 is 0 Å². The molecular formula is C20H24N2O5S. The molecule has 0 saturated carbocycles. The average Bonchev–Trinajstić information content (AvgIpc) is 2.67. The summed E-state index contributed by atoms with van der Waals surface area (Å²) in [5, 5.41) is 2.68. The second-order valence-corrected chi connectivity index (χ2v) is 8.34. The number of aryl methyl sites for hydroxylation is 2. The molecule has 28 heavy (non-hydrogen) atoms. The van der Waals surface area contributed by atoms with Crippen LogP contribution in [0, 0.1) is 6.92 Å². The van der Waals surface area contributed by atoms with Gasteiger partial charge in [-0.15, -0.1) is 0 Å². The normalized spacial score (nSPS) is 11.3. The third-order valence-electron chi connectivity index (χ3n) is 4.12. The molecule has 150 valence electrons. The van der Waals surface area contributed by atoms with Gasteiger partial charge in [-0.05, 0) is 37.1 Å². The van der Waals surface area contributed by atoms with Crippen molar-refractivity contribution >= 4 is 27.6 Å². The summed E-state index contributed by atoms with van der Waals surface area (Å²) in [6.07, 6.45) is 0.748. The number of ether oxygens (including phenoxy) is 1. The topological polar surface area (TPSA) is 92.8 Å². The minimum absolute atomic E-state index is 0.0855. The van der Waals surface area contributed by atoms with Crippen LogP contribution in [0.4, 0.5) is 5.69 Å². The van der Waals surface area contributed by atoms with Crippen molar-refractivity contribution in [1.29, 1.82) is 0 Å². The van der Waals surface area contributed by atoms with Crippen LogP contribution in [0.15, 0.2) is 53.4 Å². The van der Waals surface area contributed by atoms with Crippen LogP contribution in [0.2, 0.25) is 0 Å². The van der Waals surface area contributed by atoms with Crippen LogP contribution in [-0.2, 0) is 30.8 Å². The first-order valence-corrected chi connectivity index (χ1v) is 10.2. The molecule has 8 heteroatoms. The molecule has 1 N–H and O–H groups in total. The van der Waals surface area contributed by atoms with Gasteiger partial charge in [0.1, 0.15) is 6.54 Å². The number of carbonyl (C=O) groups excluding carboxylic acids is 2. The van der Waals surface area contributed by atoms with Crippen molar-refractivity contribution < 1.29 is 22.7 Å². The molecular weight excluding hydrogens is 380 g/mol. The molecule has 7 nitrogen and oxygen atoms in total. The zero-order valence-corrected chi connectivity index (χ0v) is 17.0. The van der Waals surface area contributed by atoms with Crippen LogP contribution < -0.4 is 5.32 Å². The lowest BCUT2D eigenvalue weighted by Gasteiger charge is -2.16. The van der Waals surface area contributed by atoms with Gasteiger partial charge in [0.15, 0.2) is 6.61 Å². The van der Waals surface area contributed by atoms with E-state index < -0.39 is 35.1 Å². The summed E-state index contributed by atoms with van der Waals surface area (Å²) in [4.78, 5) is 24.0. The van der Waals surface area contributed by atoms with Crippen molar-refractivity contribution in [1.82, 2.24) is 4.31 Å². The number of nitrogens with one attached hydrogen (secondary N) is 1. The Labute approximate surface area is 165 Å². The summed E-state index contributed by atoms with van der Waals surface area (Å²) >= 11 is 0. The molecule has 2 rings (SSSR count). The summed E-state index contributed by atoms with van der Waals surface area (Å²) in [6, 6.07) is 13.6. The van der Waals surface area contributed by atoms with Crippen molar-refractivity contribution in [3.05, 3.63) is 59.7 Å². The second-order valence-electron chi connectivity index (χ2n) is 6.29. The zero-order valence-electron chi connectivity index (χ0n) is 16.1. The van der Waals surface area contributed by atoms with E-state index in [0.29, 0.717) is 5.69 Å². The van der Waals surface area contributed by atoms with Gasteiger partial charge >= 0.3 is 5.97 Å². The van der Waals surface area contributed by atoms with E-state index in [4.69, 9.17) is 4.74 Å². The molecule has 0 unspecified atom stereocenters. The number of para-hydroxylation sites is 1. The minimum Gasteiger partial charge on any atom is -0.455 e. The van der Waals surface area contributed by atoms with Gasteiger partial charge in [0.25, 0.3) is 5.91 Å². The molecule has 2 aromatic rings. The number of hydrogen-bond donors (Lipinski definition) is 1. The maximum Gasteiger partial charge on any atom is 0.321 e. The summed E-state index contributed by atoms with van der Waals surface area (Å²) < 4.78 is 30.7. The molecule has 0 bridgehead atoms. The molecule has 0 atom stereocenters. The Morgan fingerprint density at radius 1 is 1.07 bits per heavy atom. The van der Waals surface area contributed by atoms with Crippen LogP contribution in [0.3, 0.4) is 0 Å². The van der Waals surface area contributed by atoms with Gasteiger partial charge in [0.05, 0.1) is 4.90 Å². The highest BCUT2D eigenvalue weighted by molar-refractivity contribution is 7.89. The lowest BCUT2D eigenvalue weighted by atomic mass is 10.1. The number of hydrogen-bond acceptors (Lipinski definition) is 5. The first-order valence-electron chi connectivity index (χ1n) is 8.80. The number of likely N-dealkylation sites (N-methyl/N-ethyl adjacent to an activating group) is 1. The van der Waals surface area contributed by atoms with Crippen LogP contribution in [0.5, 0.6) is 0 Å². The lowest BCUT2D eigenvalue weighted by Crippen LogP contribution is -2.34. The minimum atomic E-state index is -3.81. The molecule has 2 aromatic carbocycles. The number of amides is 1. The number of carbonyl (C=O) groups is 2. The summed E-state index contributed by atoms with van der Waals surface area (Å²) in [5.41, 5.74) is 2.55. The Balaban J connectivity index is 1.89. The SMILES string of the molecule is CCc1ccccc1NC(=O)COC(=O)CN(C)S(=O)(=O)c1ccc(C)cc1. The standard InChI is InChI=1S/C20H24N2O5S/c1-4-16-7-5-6-8-18(16)21-19(23)14-27-20(24)13-22(3)28(25,26)17-11-9-15(2)10-12-17/h5-12H,4,13-14H2,1-3H3,(H,21,23). The molecule has 0 aliphatic carbocycles. The molecule has 0 saturated heterocycles. The number of sulfonamides is 1. The van der Waals surface area contributed by atoms with Crippen molar-refractivity contribution in [3.63, 3.8) is 0 Å². The number of nitrogens with zero attached hydrogens (tertiary/aromatic N) is 1. The van der Waals surface area contributed by atoms with Crippen LogP contribution in [-0.4, -0.2) is 44.8 Å².